The van der Waals surface area contributed by atoms with E-state index in [9.17, 15) is 17.2 Å². The summed E-state index contributed by atoms with van der Waals surface area (Å²) in [5.41, 5.74) is 5.70. The standard InChI is InChI=1S/C10H10F2N2O2S/c11-10(12)17(15,16)14-9-5-1-3-8(7-9)4-2-6-13/h1,3,5,7,10,14H,6,13H2. The smallest absolute Gasteiger partial charge is 0.320 e. The second kappa shape index (κ2) is 5.61. The fraction of sp³-hybridized carbons (Fsp3) is 0.200. The van der Waals surface area contributed by atoms with Crippen LogP contribution in [0.4, 0.5) is 14.5 Å². The Morgan fingerprint density at radius 2 is 2.12 bits per heavy atom. The monoisotopic (exact) mass is 260 g/mol. The van der Waals surface area contributed by atoms with E-state index in [1.165, 1.54) is 18.2 Å². The van der Waals surface area contributed by atoms with E-state index < -0.39 is 15.8 Å². The number of nitrogens with two attached hydrogens (primary N) is 1. The maximum absolute atomic E-state index is 12.1. The van der Waals surface area contributed by atoms with Crippen molar-refractivity contribution in [1.82, 2.24) is 0 Å². The molecule has 4 nitrogen and oxygen atoms in total. The summed E-state index contributed by atoms with van der Waals surface area (Å²) in [6, 6.07) is 5.82. The van der Waals surface area contributed by atoms with E-state index in [0.29, 0.717) is 5.56 Å². The van der Waals surface area contributed by atoms with Gasteiger partial charge in [-0.25, -0.2) is 8.42 Å². The van der Waals surface area contributed by atoms with Gasteiger partial charge in [0.2, 0.25) is 0 Å². The van der Waals surface area contributed by atoms with Gasteiger partial charge < -0.3 is 5.73 Å². The van der Waals surface area contributed by atoms with E-state index in [1.807, 2.05) is 0 Å². The molecule has 0 amide bonds. The van der Waals surface area contributed by atoms with E-state index in [2.05, 4.69) is 11.8 Å². The summed E-state index contributed by atoms with van der Waals surface area (Å²) in [6.07, 6.45) is 0. The Labute approximate surface area is 97.9 Å². The molecule has 0 fully saturated rings. The third-order valence-corrected chi connectivity index (χ3v) is 2.68. The topological polar surface area (TPSA) is 72.2 Å². The molecule has 92 valence electrons. The van der Waals surface area contributed by atoms with Crippen LogP contribution in [-0.2, 0) is 10.0 Å². The highest BCUT2D eigenvalue weighted by Gasteiger charge is 2.23. The summed E-state index contributed by atoms with van der Waals surface area (Å²) >= 11 is 0. The average Bonchev–Trinajstić information content (AvgIpc) is 2.26. The van der Waals surface area contributed by atoms with Crippen molar-refractivity contribution in [2.75, 3.05) is 11.3 Å². The van der Waals surface area contributed by atoms with E-state index in [4.69, 9.17) is 5.73 Å². The Hall–Kier alpha value is -1.65. The number of rotatable bonds is 3. The van der Waals surface area contributed by atoms with E-state index in [1.54, 1.807) is 10.8 Å². The van der Waals surface area contributed by atoms with Gasteiger partial charge in [0.05, 0.1) is 6.54 Å². The number of hydrogen-bond donors (Lipinski definition) is 2. The Balaban J connectivity index is 2.94. The molecule has 0 atom stereocenters. The maximum Gasteiger partial charge on any atom is 0.355 e. The van der Waals surface area contributed by atoms with Gasteiger partial charge >= 0.3 is 5.76 Å². The van der Waals surface area contributed by atoms with Crippen LogP contribution >= 0.6 is 0 Å². The fourth-order valence-electron chi connectivity index (χ4n) is 1.02. The van der Waals surface area contributed by atoms with Crippen molar-refractivity contribution in [3.8, 4) is 11.8 Å². The van der Waals surface area contributed by atoms with Crippen LogP contribution in [0.5, 0.6) is 0 Å². The van der Waals surface area contributed by atoms with Gasteiger partial charge in [0.25, 0.3) is 10.0 Å². The lowest BCUT2D eigenvalue weighted by Crippen LogP contribution is -2.20. The van der Waals surface area contributed by atoms with Crippen LogP contribution in [0.25, 0.3) is 0 Å². The first-order chi connectivity index (χ1) is 7.95. The van der Waals surface area contributed by atoms with Gasteiger partial charge in [-0.15, -0.1) is 0 Å². The number of anilines is 1. The van der Waals surface area contributed by atoms with Gasteiger partial charge in [-0.1, -0.05) is 17.9 Å². The van der Waals surface area contributed by atoms with Crippen LogP contribution in [-0.4, -0.2) is 20.7 Å². The molecular formula is C10H10F2N2O2S. The maximum atomic E-state index is 12.1. The molecule has 0 radical (unpaired) electrons. The average molecular weight is 260 g/mol. The number of benzene rings is 1. The van der Waals surface area contributed by atoms with Crippen molar-refractivity contribution in [2.45, 2.75) is 5.76 Å². The fourth-order valence-corrected chi connectivity index (χ4v) is 1.57. The van der Waals surface area contributed by atoms with Crippen molar-refractivity contribution in [1.29, 1.82) is 0 Å². The highest BCUT2D eigenvalue weighted by molar-refractivity contribution is 7.93. The van der Waals surface area contributed by atoms with Crippen LogP contribution in [0.2, 0.25) is 0 Å². The summed E-state index contributed by atoms with van der Waals surface area (Å²) in [6.45, 7) is 0.160. The summed E-state index contributed by atoms with van der Waals surface area (Å²) in [7, 11) is -4.64. The number of nitrogens with one attached hydrogen (secondary N) is 1. The zero-order chi connectivity index (χ0) is 12.9. The minimum atomic E-state index is -4.64. The molecule has 0 aliphatic heterocycles. The Morgan fingerprint density at radius 1 is 1.41 bits per heavy atom. The highest BCUT2D eigenvalue weighted by atomic mass is 32.2. The molecule has 0 aromatic heterocycles. The van der Waals surface area contributed by atoms with Gasteiger partial charge in [-0.05, 0) is 18.2 Å². The molecule has 7 heteroatoms. The van der Waals surface area contributed by atoms with Crippen molar-refractivity contribution in [3.63, 3.8) is 0 Å². The molecule has 0 unspecified atom stereocenters. The Kier molecular flexibility index (Phi) is 4.43. The molecule has 0 aliphatic rings. The molecule has 0 saturated carbocycles. The van der Waals surface area contributed by atoms with Gasteiger partial charge in [-0.2, -0.15) is 8.78 Å². The van der Waals surface area contributed by atoms with Gasteiger partial charge in [-0.3, -0.25) is 4.72 Å². The highest BCUT2D eigenvalue weighted by Crippen LogP contribution is 2.14. The van der Waals surface area contributed by atoms with Gasteiger partial charge in [0.15, 0.2) is 0 Å². The Bertz CT molecular complexity index is 547. The molecule has 17 heavy (non-hydrogen) atoms. The van der Waals surface area contributed by atoms with Gasteiger partial charge in [0, 0.05) is 11.3 Å². The molecule has 0 aliphatic carbocycles. The lowest BCUT2D eigenvalue weighted by atomic mass is 10.2. The Morgan fingerprint density at radius 3 is 2.71 bits per heavy atom. The largest absolute Gasteiger partial charge is 0.355 e. The second-order valence-corrected chi connectivity index (χ2v) is 4.64. The lowest BCUT2D eigenvalue weighted by molar-refractivity contribution is 0.236. The van der Waals surface area contributed by atoms with E-state index >= 15 is 0 Å². The van der Waals surface area contributed by atoms with Gasteiger partial charge in [0.1, 0.15) is 0 Å². The van der Waals surface area contributed by atoms with Crippen LogP contribution in [0.1, 0.15) is 5.56 Å². The number of hydrogen-bond acceptors (Lipinski definition) is 3. The second-order valence-electron chi connectivity index (χ2n) is 2.99. The molecule has 1 aromatic rings. The summed E-state index contributed by atoms with van der Waals surface area (Å²) in [5.74, 6) is 1.76. The van der Waals surface area contributed by atoms with Crippen molar-refractivity contribution >= 4 is 15.7 Å². The van der Waals surface area contributed by atoms with Crippen LogP contribution < -0.4 is 10.5 Å². The zero-order valence-corrected chi connectivity index (χ0v) is 9.47. The lowest BCUT2D eigenvalue weighted by Gasteiger charge is -2.06. The van der Waals surface area contributed by atoms with E-state index in [-0.39, 0.29) is 12.2 Å². The normalized spacial score (nSPS) is 10.8. The molecule has 1 rings (SSSR count). The molecular weight excluding hydrogens is 250 g/mol. The quantitative estimate of drug-likeness (QED) is 0.795. The number of sulfonamides is 1. The molecule has 0 heterocycles. The summed E-state index contributed by atoms with van der Waals surface area (Å²) in [5, 5.41) is 0. The molecule has 1 aromatic carbocycles. The number of halogens is 2. The summed E-state index contributed by atoms with van der Waals surface area (Å²) < 4.78 is 47.8. The SMILES string of the molecule is NCC#Cc1cccc(NS(=O)(=O)C(F)F)c1. The zero-order valence-electron chi connectivity index (χ0n) is 8.65. The predicted octanol–water partition coefficient (Wildman–Crippen LogP) is 0.961. The minimum Gasteiger partial charge on any atom is -0.320 e. The number of alkyl halides is 2. The van der Waals surface area contributed by atoms with Crippen molar-refractivity contribution in [2.24, 2.45) is 5.73 Å². The third-order valence-electron chi connectivity index (χ3n) is 1.69. The van der Waals surface area contributed by atoms with Crippen molar-refractivity contribution in [3.05, 3.63) is 29.8 Å². The first-order valence-corrected chi connectivity index (χ1v) is 6.09. The third kappa shape index (κ3) is 4.01. The predicted molar refractivity (Wildman–Crippen MR) is 60.9 cm³/mol. The summed E-state index contributed by atoms with van der Waals surface area (Å²) in [4.78, 5) is 0. The first-order valence-electron chi connectivity index (χ1n) is 4.54. The first kappa shape index (κ1) is 13.4. The van der Waals surface area contributed by atoms with Crippen LogP contribution in [0, 0.1) is 11.8 Å². The molecule has 3 N–H and O–H groups in total. The minimum absolute atomic E-state index is 0.0362. The molecule has 0 spiro atoms. The van der Waals surface area contributed by atoms with E-state index in [0.717, 1.165) is 0 Å². The van der Waals surface area contributed by atoms with Crippen LogP contribution in [0.15, 0.2) is 24.3 Å². The van der Waals surface area contributed by atoms with Crippen molar-refractivity contribution < 1.29 is 17.2 Å². The van der Waals surface area contributed by atoms with Crippen LogP contribution in [0.3, 0.4) is 0 Å². The molecule has 0 bridgehead atoms. The molecule has 0 saturated heterocycles.